The van der Waals surface area contributed by atoms with E-state index in [9.17, 15) is 14.4 Å². The first-order valence-corrected chi connectivity index (χ1v) is 11.1. The van der Waals surface area contributed by atoms with Gasteiger partial charge in [-0.25, -0.2) is 4.79 Å². The fourth-order valence-electron chi connectivity index (χ4n) is 4.01. The number of unbranched alkanes of at least 4 members (excludes halogenated alkanes) is 1. The maximum Gasteiger partial charge on any atom is 0.501 e. The van der Waals surface area contributed by atoms with E-state index in [4.69, 9.17) is 4.74 Å². The Morgan fingerprint density at radius 1 is 1.12 bits per heavy atom. The SMILES string of the molecule is CCCCN1C(=O)C2Oc3ccccc3C2=[N+](CC(=O)Nc2ccc(C(C)C)cc2)C1=O. The molecule has 32 heavy (non-hydrogen) atoms. The van der Waals surface area contributed by atoms with Crippen molar-refractivity contribution in [3.63, 3.8) is 0 Å². The predicted molar refractivity (Wildman–Crippen MR) is 121 cm³/mol. The van der Waals surface area contributed by atoms with E-state index < -0.39 is 12.1 Å². The van der Waals surface area contributed by atoms with Gasteiger partial charge in [-0.15, -0.1) is 0 Å². The van der Waals surface area contributed by atoms with Crippen molar-refractivity contribution in [3.05, 3.63) is 59.7 Å². The van der Waals surface area contributed by atoms with Crippen LogP contribution < -0.4 is 10.1 Å². The zero-order valence-corrected chi connectivity index (χ0v) is 18.6. The third kappa shape index (κ3) is 4.02. The van der Waals surface area contributed by atoms with Gasteiger partial charge in [0.05, 0.1) is 12.1 Å². The third-order valence-electron chi connectivity index (χ3n) is 5.80. The van der Waals surface area contributed by atoms with Gasteiger partial charge in [0, 0.05) is 5.69 Å². The summed E-state index contributed by atoms with van der Waals surface area (Å²) in [6.45, 7) is 6.30. The standard InChI is InChI=1S/C25H27N3O4/c1-4-5-14-27-24(30)23-22(19-8-6-7-9-20(19)32-23)28(25(27)31)15-21(29)26-18-12-10-17(11-13-18)16(2)3/h6-13,16,23H,4-5,14-15H2,1-3H3/p+1. The van der Waals surface area contributed by atoms with E-state index in [0.717, 1.165) is 6.42 Å². The van der Waals surface area contributed by atoms with E-state index in [-0.39, 0.29) is 18.4 Å². The monoisotopic (exact) mass is 434 g/mol. The van der Waals surface area contributed by atoms with Gasteiger partial charge in [0.1, 0.15) is 5.75 Å². The van der Waals surface area contributed by atoms with Crippen molar-refractivity contribution in [2.45, 2.75) is 45.6 Å². The number of rotatable bonds is 7. The van der Waals surface area contributed by atoms with Gasteiger partial charge in [0.25, 0.3) is 12.0 Å². The molecule has 2 aromatic carbocycles. The first-order valence-electron chi connectivity index (χ1n) is 11.1. The summed E-state index contributed by atoms with van der Waals surface area (Å²) in [5, 5.41) is 2.86. The van der Waals surface area contributed by atoms with E-state index in [2.05, 4.69) is 19.2 Å². The van der Waals surface area contributed by atoms with Crippen LogP contribution in [0.1, 0.15) is 50.7 Å². The Morgan fingerprint density at radius 2 is 1.84 bits per heavy atom. The average Bonchev–Trinajstić information content (AvgIpc) is 3.17. The van der Waals surface area contributed by atoms with E-state index in [0.29, 0.717) is 41.6 Å². The van der Waals surface area contributed by atoms with Gasteiger partial charge < -0.3 is 10.1 Å². The number of carbonyl (C=O) groups excluding carboxylic acids is 3. The van der Waals surface area contributed by atoms with Crippen molar-refractivity contribution in [1.29, 1.82) is 0 Å². The van der Waals surface area contributed by atoms with Crippen molar-refractivity contribution in [2.75, 3.05) is 18.4 Å². The largest absolute Gasteiger partial charge is 0.501 e. The molecule has 1 N–H and O–H groups in total. The molecule has 2 aromatic rings. The molecule has 2 heterocycles. The van der Waals surface area contributed by atoms with Crippen LogP contribution in [0.5, 0.6) is 5.75 Å². The second kappa shape index (κ2) is 8.94. The zero-order valence-electron chi connectivity index (χ0n) is 18.6. The highest BCUT2D eigenvalue weighted by atomic mass is 16.5. The van der Waals surface area contributed by atoms with E-state index >= 15 is 0 Å². The average molecular weight is 435 g/mol. The van der Waals surface area contributed by atoms with Crippen molar-refractivity contribution in [2.24, 2.45) is 0 Å². The molecule has 166 valence electrons. The first kappa shape index (κ1) is 21.7. The molecule has 7 heteroatoms. The summed E-state index contributed by atoms with van der Waals surface area (Å²) in [6, 6.07) is 14.4. The molecule has 0 saturated carbocycles. The summed E-state index contributed by atoms with van der Waals surface area (Å²) in [5.41, 5.74) is 2.95. The number of carbonyl (C=O) groups is 3. The highest BCUT2D eigenvalue weighted by Gasteiger charge is 2.53. The molecule has 1 atom stereocenters. The molecule has 0 bridgehead atoms. The lowest BCUT2D eigenvalue weighted by molar-refractivity contribution is -0.428. The smallest absolute Gasteiger partial charge is 0.469 e. The minimum Gasteiger partial charge on any atom is -0.469 e. The molecule has 0 aromatic heterocycles. The van der Waals surface area contributed by atoms with E-state index in [1.165, 1.54) is 15.0 Å². The van der Waals surface area contributed by atoms with Crippen LogP contribution in [0.15, 0.2) is 48.5 Å². The van der Waals surface area contributed by atoms with Gasteiger partial charge in [-0.2, -0.15) is 14.3 Å². The molecule has 2 aliphatic rings. The second-order valence-corrected chi connectivity index (χ2v) is 8.42. The lowest BCUT2D eigenvalue weighted by atomic mass is 10.0. The summed E-state index contributed by atoms with van der Waals surface area (Å²) in [4.78, 5) is 40.4. The summed E-state index contributed by atoms with van der Waals surface area (Å²) < 4.78 is 7.27. The number of nitrogens with one attached hydrogen (secondary N) is 1. The summed E-state index contributed by atoms with van der Waals surface area (Å²) in [6.07, 6.45) is 0.612. The molecule has 1 unspecified atom stereocenters. The van der Waals surface area contributed by atoms with Crippen LogP contribution in [-0.2, 0) is 9.59 Å². The number of urea groups is 1. The summed E-state index contributed by atoms with van der Waals surface area (Å²) >= 11 is 0. The van der Waals surface area contributed by atoms with Gasteiger partial charge in [-0.3, -0.25) is 4.79 Å². The number of amides is 4. The highest BCUT2D eigenvalue weighted by Crippen LogP contribution is 2.32. The van der Waals surface area contributed by atoms with Gasteiger partial charge >= 0.3 is 11.9 Å². The van der Waals surface area contributed by atoms with Crippen molar-refractivity contribution >= 4 is 29.2 Å². The van der Waals surface area contributed by atoms with Gasteiger partial charge in [-0.1, -0.05) is 51.5 Å². The lowest BCUT2D eigenvalue weighted by Gasteiger charge is -2.24. The number of hydrogen-bond donors (Lipinski definition) is 1. The van der Waals surface area contributed by atoms with E-state index in [1.807, 2.05) is 49.4 Å². The topological polar surface area (TPSA) is 78.7 Å². The van der Waals surface area contributed by atoms with E-state index in [1.54, 1.807) is 6.07 Å². The lowest BCUT2D eigenvalue weighted by Crippen LogP contribution is -2.58. The molecule has 0 saturated heterocycles. The molecule has 0 fully saturated rings. The number of ether oxygens (including phenoxy) is 1. The number of imide groups is 1. The van der Waals surface area contributed by atoms with Crippen molar-refractivity contribution in [3.8, 4) is 5.75 Å². The molecule has 7 nitrogen and oxygen atoms in total. The number of benzene rings is 2. The zero-order chi connectivity index (χ0) is 22.8. The maximum atomic E-state index is 13.3. The Kier molecular flexibility index (Phi) is 6.08. The summed E-state index contributed by atoms with van der Waals surface area (Å²) in [7, 11) is 0. The summed E-state index contributed by atoms with van der Waals surface area (Å²) in [5.74, 6) is 0.223. The number of para-hydroxylation sites is 1. The Bertz CT molecular complexity index is 1090. The minimum atomic E-state index is -0.917. The highest BCUT2D eigenvalue weighted by molar-refractivity contribution is 6.22. The second-order valence-electron chi connectivity index (χ2n) is 8.42. The van der Waals surface area contributed by atoms with Crippen LogP contribution in [0.3, 0.4) is 0 Å². The molecular formula is C25H28N3O4+. The predicted octanol–water partition coefficient (Wildman–Crippen LogP) is 3.77. The number of hydrogen-bond acceptors (Lipinski definition) is 4. The molecule has 0 radical (unpaired) electrons. The molecule has 0 aliphatic carbocycles. The fraction of sp³-hybridized carbons (Fsp3) is 0.360. The molecule has 0 spiro atoms. The first-order chi connectivity index (χ1) is 15.4. The number of fused-ring (bicyclic) bond motifs is 3. The van der Waals surface area contributed by atoms with Crippen LogP contribution >= 0.6 is 0 Å². The van der Waals surface area contributed by atoms with Crippen molar-refractivity contribution in [1.82, 2.24) is 4.90 Å². The van der Waals surface area contributed by atoms with Gasteiger partial charge in [0.2, 0.25) is 0 Å². The molecular weight excluding hydrogens is 406 g/mol. The number of anilines is 1. The number of nitrogens with zero attached hydrogens (tertiary/aromatic N) is 2. The molecule has 2 aliphatic heterocycles. The molecule has 4 rings (SSSR count). The fourth-order valence-corrected chi connectivity index (χ4v) is 4.01. The van der Waals surface area contributed by atoms with Crippen LogP contribution in [0, 0.1) is 0 Å². The van der Waals surface area contributed by atoms with Gasteiger partial charge in [0.15, 0.2) is 12.3 Å². The Hall–Kier alpha value is -3.48. The Morgan fingerprint density at radius 3 is 2.53 bits per heavy atom. The van der Waals surface area contributed by atoms with Crippen LogP contribution in [-0.4, -0.2) is 52.2 Å². The quantitative estimate of drug-likeness (QED) is 0.673. The normalized spacial score (nSPS) is 17.4. The maximum absolute atomic E-state index is 13.3. The van der Waals surface area contributed by atoms with Crippen LogP contribution in [0.25, 0.3) is 0 Å². The Balaban J connectivity index is 1.64. The van der Waals surface area contributed by atoms with Gasteiger partial charge in [-0.05, 0) is 42.2 Å². The Labute approximate surface area is 187 Å². The minimum absolute atomic E-state index is 0.204. The van der Waals surface area contributed by atoms with Crippen LogP contribution in [0.2, 0.25) is 0 Å². The van der Waals surface area contributed by atoms with Crippen LogP contribution in [0.4, 0.5) is 10.5 Å². The van der Waals surface area contributed by atoms with Crippen molar-refractivity contribution < 1.29 is 23.7 Å². The molecule has 4 amide bonds. The third-order valence-corrected chi connectivity index (χ3v) is 5.80.